The van der Waals surface area contributed by atoms with Gasteiger partial charge in [-0.2, -0.15) is 0 Å². The highest BCUT2D eigenvalue weighted by Crippen LogP contribution is 2.13. The first-order valence-electron chi connectivity index (χ1n) is 4.84. The molecule has 0 atom stereocenters. The number of aromatic amines is 1. The molecule has 0 saturated heterocycles. The zero-order valence-electron chi connectivity index (χ0n) is 8.89. The average molecular weight is 221 g/mol. The minimum absolute atomic E-state index is 0.109. The molecule has 2 aromatic rings. The fourth-order valence-corrected chi connectivity index (χ4v) is 1.57. The van der Waals surface area contributed by atoms with Gasteiger partial charge in [0.05, 0.1) is 6.20 Å². The summed E-state index contributed by atoms with van der Waals surface area (Å²) in [5.41, 5.74) is -0.156. The highest BCUT2D eigenvalue weighted by molar-refractivity contribution is 5.86. The number of hydrogen-bond acceptors (Lipinski definition) is 3. The van der Waals surface area contributed by atoms with Crippen molar-refractivity contribution in [3.63, 3.8) is 0 Å². The second kappa shape index (κ2) is 3.48. The molecule has 0 radical (unpaired) electrons. The maximum Gasteiger partial charge on any atom is 0.342 e. The molecule has 0 spiro atoms. The van der Waals surface area contributed by atoms with E-state index in [1.54, 1.807) is 6.20 Å². The van der Waals surface area contributed by atoms with Crippen LogP contribution in [0.2, 0.25) is 0 Å². The van der Waals surface area contributed by atoms with E-state index < -0.39 is 11.5 Å². The first kappa shape index (κ1) is 10.4. The van der Waals surface area contributed by atoms with Gasteiger partial charge in [-0.05, 0) is 5.92 Å². The first-order valence-corrected chi connectivity index (χ1v) is 4.84. The van der Waals surface area contributed by atoms with Crippen molar-refractivity contribution in [2.45, 2.75) is 19.8 Å². The highest BCUT2D eigenvalue weighted by Gasteiger charge is 2.15. The number of aromatic carboxylic acids is 1. The topological polar surface area (TPSA) is 87.5 Å². The number of hydrogen-bond donors (Lipinski definition) is 2. The minimum atomic E-state index is -1.26. The van der Waals surface area contributed by atoms with Crippen LogP contribution in [0.3, 0.4) is 0 Å². The van der Waals surface area contributed by atoms with E-state index in [0.29, 0.717) is 5.78 Å². The van der Waals surface area contributed by atoms with Gasteiger partial charge in [-0.1, -0.05) is 13.8 Å². The van der Waals surface area contributed by atoms with E-state index in [1.807, 2.05) is 13.8 Å². The van der Waals surface area contributed by atoms with Crippen LogP contribution in [-0.4, -0.2) is 25.4 Å². The van der Waals surface area contributed by atoms with Gasteiger partial charge in [0.25, 0.3) is 5.56 Å². The van der Waals surface area contributed by atoms with Crippen LogP contribution in [0.1, 0.15) is 35.8 Å². The molecule has 6 heteroatoms. The summed E-state index contributed by atoms with van der Waals surface area (Å²) in [5, 5.41) is 8.83. The van der Waals surface area contributed by atoms with E-state index in [2.05, 4.69) is 9.97 Å². The number of aromatic nitrogens is 3. The van der Waals surface area contributed by atoms with Gasteiger partial charge in [-0.25, -0.2) is 14.2 Å². The lowest BCUT2D eigenvalue weighted by Gasteiger charge is -2.03. The van der Waals surface area contributed by atoms with E-state index in [0.717, 1.165) is 11.9 Å². The summed E-state index contributed by atoms with van der Waals surface area (Å²) in [5.74, 6) is -0.793. The second-order valence-corrected chi connectivity index (χ2v) is 3.81. The molecule has 0 fully saturated rings. The number of nitrogens with one attached hydrogen (secondary N) is 1. The van der Waals surface area contributed by atoms with Gasteiger partial charge in [-0.15, -0.1) is 0 Å². The zero-order valence-corrected chi connectivity index (χ0v) is 8.89. The molecular formula is C10H11N3O3. The molecular weight excluding hydrogens is 210 g/mol. The summed E-state index contributed by atoms with van der Waals surface area (Å²) in [6, 6.07) is 0. The smallest absolute Gasteiger partial charge is 0.342 e. The SMILES string of the molecule is CC(C)c1c[nH]c2ncc(C(=O)O)c(=O)n12. The van der Waals surface area contributed by atoms with Gasteiger partial charge < -0.3 is 10.1 Å². The molecule has 0 aliphatic rings. The molecule has 16 heavy (non-hydrogen) atoms. The normalized spacial score (nSPS) is 11.2. The quantitative estimate of drug-likeness (QED) is 0.786. The van der Waals surface area contributed by atoms with E-state index in [1.165, 1.54) is 4.40 Å². The van der Waals surface area contributed by atoms with Gasteiger partial charge in [-0.3, -0.25) is 4.79 Å². The van der Waals surface area contributed by atoms with Crippen LogP contribution in [0.25, 0.3) is 5.78 Å². The summed E-state index contributed by atoms with van der Waals surface area (Å²) in [6.07, 6.45) is 2.74. The Morgan fingerprint density at radius 3 is 2.81 bits per heavy atom. The highest BCUT2D eigenvalue weighted by atomic mass is 16.4. The number of carbonyl (C=O) groups is 1. The molecule has 2 N–H and O–H groups in total. The van der Waals surface area contributed by atoms with Crippen LogP contribution in [0.5, 0.6) is 0 Å². The predicted molar refractivity (Wildman–Crippen MR) is 56.9 cm³/mol. The lowest BCUT2D eigenvalue weighted by molar-refractivity contribution is 0.0694. The first-order chi connectivity index (χ1) is 7.52. The Hall–Kier alpha value is -2.11. The third-order valence-corrected chi connectivity index (χ3v) is 2.39. The second-order valence-electron chi connectivity index (χ2n) is 3.81. The van der Waals surface area contributed by atoms with Crippen molar-refractivity contribution in [2.24, 2.45) is 0 Å². The van der Waals surface area contributed by atoms with Gasteiger partial charge >= 0.3 is 5.97 Å². The summed E-state index contributed by atoms with van der Waals surface area (Å²) in [4.78, 5) is 29.4. The van der Waals surface area contributed by atoms with Crippen molar-refractivity contribution in [1.82, 2.24) is 14.4 Å². The molecule has 2 heterocycles. The van der Waals surface area contributed by atoms with Crippen LogP contribution in [-0.2, 0) is 0 Å². The van der Waals surface area contributed by atoms with Crippen LogP contribution >= 0.6 is 0 Å². The standard InChI is InChI=1S/C10H11N3O3/c1-5(2)7-4-12-10-11-3-6(9(15)16)8(14)13(7)10/h3-5H,1-2H3,(H,11,12)(H,15,16). The number of carboxylic acids is 1. The zero-order chi connectivity index (χ0) is 11.9. The van der Waals surface area contributed by atoms with Gasteiger partial charge in [0.1, 0.15) is 5.56 Å². The van der Waals surface area contributed by atoms with Gasteiger partial charge in [0.2, 0.25) is 5.78 Å². The fraction of sp³-hybridized carbons (Fsp3) is 0.300. The molecule has 2 rings (SSSR count). The van der Waals surface area contributed by atoms with Gasteiger partial charge in [0, 0.05) is 11.9 Å². The van der Waals surface area contributed by atoms with E-state index in [-0.39, 0.29) is 11.5 Å². The number of carboxylic acid groups (broad SMARTS) is 1. The van der Waals surface area contributed by atoms with Crippen molar-refractivity contribution in [3.8, 4) is 0 Å². The maximum atomic E-state index is 11.9. The Labute approximate surface area is 90.6 Å². The molecule has 0 saturated carbocycles. The van der Waals surface area contributed by atoms with Crippen LogP contribution < -0.4 is 5.56 Å². The van der Waals surface area contributed by atoms with E-state index in [9.17, 15) is 9.59 Å². The summed E-state index contributed by atoms with van der Waals surface area (Å²) in [6.45, 7) is 3.84. The van der Waals surface area contributed by atoms with Crippen molar-refractivity contribution in [1.29, 1.82) is 0 Å². The lowest BCUT2D eigenvalue weighted by atomic mass is 10.1. The van der Waals surface area contributed by atoms with E-state index in [4.69, 9.17) is 5.11 Å². The Kier molecular flexibility index (Phi) is 2.26. The predicted octanol–water partition coefficient (Wildman–Crippen LogP) is 0.844. The molecule has 0 aliphatic carbocycles. The molecule has 0 bridgehead atoms. The third-order valence-electron chi connectivity index (χ3n) is 2.39. The number of rotatable bonds is 2. The summed E-state index contributed by atoms with van der Waals surface area (Å²) < 4.78 is 1.30. The molecule has 0 amide bonds. The van der Waals surface area contributed by atoms with Crippen molar-refractivity contribution in [2.75, 3.05) is 0 Å². The van der Waals surface area contributed by atoms with Crippen molar-refractivity contribution in [3.05, 3.63) is 34.0 Å². The number of imidazole rings is 1. The summed E-state index contributed by atoms with van der Waals surface area (Å²) >= 11 is 0. The Bertz CT molecular complexity index is 609. The molecule has 0 unspecified atom stereocenters. The number of nitrogens with zero attached hydrogens (tertiary/aromatic N) is 2. The molecule has 0 aromatic carbocycles. The number of H-pyrrole nitrogens is 1. The molecule has 6 nitrogen and oxygen atoms in total. The fourth-order valence-electron chi connectivity index (χ4n) is 1.57. The van der Waals surface area contributed by atoms with Crippen LogP contribution in [0.15, 0.2) is 17.2 Å². The van der Waals surface area contributed by atoms with Gasteiger partial charge in [0.15, 0.2) is 0 Å². The van der Waals surface area contributed by atoms with Crippen molar-refractivity contribution < 1.29 is 9.90 Å². The Morgan fingerprint density at radius 1 is 1.56 bits per heavy atom. The Balaban J connectivity index is 2.86. The minimum Gasteiger partial charge on any atom is -0.477 e. The lowest BCUT2D eigenvalue weighted by Crippen LogP contribution is -2.23. The number of fused-ring (bicyclic) bond motifs is 1. The average Bonchev–Trinajstić information content (AvgIpc) is 2.61. The van der Waals surface area contributed by atoms with E-state index >= 15 is 0 Å². The molecule has 2 aromatic heterocycles. The maximum absolute atomic E-state index is 11.9. The monoisotopic (exact) mass is 221 g/mol. The van der Waals surface area contributed by atoms with Crippen LogP contribution in [0.4, 0.5) is 0 Å². The van der Waals surface area contributed by atoms with Crippen LogP contribution in [0, 0.1) is 0 Å². The molecule has 0 aliphatic heterocycles. The summed E-state index contributed by atoms with van der Waals surface area (Å²) in [7, 11) is 0. The third kappa shape index (κ3) is 1.39. The van der Waals surface area contributed by atoms with Crippen molar-refractivity contribution >= 4 is 11.7 Å². The molecule has 84 valence electrons. The largest absolute Gasteiger partial charge is 0.477 e. The Morgan fingerprint density at radius 2 is 2.25 bits per heavy atom.